The molecule has 0 radical (unpaired) electrons. The Morgan fingerprint density at radius 3 is 2.46 bits per heavy atom. The molecule has 1 heterocycles. The van der Waals surface area contributed by atoms with E-state index in [1.165, 1.54) is 0 Å². The molecule has 2 N–H and O–H groups in total. The number of nitrogens with zero attached hydrogens (tertiary/aromatic N) is 1. The number of allylic oxidation sites excluding steroid dienone is 1. The smallest absolute Gasteiger partial charge is 0.349 e. The quantitative estimate of drug-likeness (QED) is 0.266. The molecule has 8 nitrogen and oxygen atoms in total. The van der Waals surface area contributed by atoms with Crippen molar-refractivity contribution in [3.05, 3.63) is 88.8 Å². The summed E-state index contributed by atoms with van der Waals surface area (Å²) in [5.41, 5.74) is 9.00. The second-order valence-corrected chi connectivity index (χ2v) is 9.64. The summed E-state index contributed by atoms with van der Waals surface area (Å²) in [6, 6.07) is 20.1. The molecule has 0 fully saturated rings. The number of nitriles is 1. The van der Waals surface area contributed by atoms with E-state index in [2.05, 4.69) is 19.9 Å². The van der Waals surface area contributed by atoms with Gasteiger partial charge in [0.2, 0.25) is 5.88 Å². The highest BCUT2D eigenvalue weighted by Crippen LogP contribution is 2.45. The number of benzene rings is 3. The topological polar surface area (TPSA) is 113 Å². The molecule has 3 aromatic carbocycles. The van der Waals surface area contributed by atoms with Gasteiger partial charge in [-0.3, -0.25) is 0 Å². The number of carbonyl (C=O) groups is 1. The molecule has 1 aliphatic rings. The summed E-state index contributed by atoms with van der Waals surface area (Å²) in [6.07, 6.45) is 0.918. The van der Waals surface area contributed by atoms with E-state index in [9.17, 15) is 10.1 Å². The molecular formula is C31H32N2O6. The van der Waals surface area contributed by atoms with Crippen molar-refractivity contribution < 1.29 is 28.5 Å². The molecule has 4 rings (SSSR count). The minimum absolute atomic E-state index is 0.0163. The second-order valence-electron chi connectivity index (χ2n) is 9.64. The maximum Gasteiger partial charge on any atom is 0.349 e. The molecule has 1 aliphatic heterocycles. The Kier molecular flexibility index (Phi) is 8.62. The number of carbonyl (C=O) groups excluding carboxylic acids is 1. The van der Waals surface area contributed by atoms with Gasteiger partial charge < -0.3 is 29.4 Å². The number of nitrogens with two attached hydrogens (primary N) is 1. The zero-order chi connectivity index (χ0) is 27.9. The van der Waals surface area contributed by atoms with Crippen molar-refractivity contribution in [2.45, 2.75) is 33.1 Å². The first kappa shape index (κ1) is 27.4. The first-order valence-corrected chi connectivity index (χ1v) is 12.7. The highest BCUT2D eigenvalue weighted by molar-refractivity contribution is 5.74. The van der Waals surface area contributed by atoms with Crippen LogP contribution in [-0.4, -0.2) is 26.3 Å². The standard InChI is InChI=1S/C31H32N2O6/c1-19(2)13-14-36-26-12-7-21(15-28(26)35-4)30-24-11-10-23(16-27(24)39-31(33)25(30)17-32)38-29(34)18-37-22-8-5-20(3)6-9-22/h5-12,15-16,19,30H,13-14,18,33H2,1-4H3. The maximum atomic E-state index is 12.4. The van der Waals surface area contributed by atoms with Crippen LogP contribution in [0.5, 0.6) is 28.7 Å². The summed E-state index contributed by atoms with van der Waals surface area (Å²) in [4.78, 5) is 12.4. The molecule has 0 aromatic heterocycles. The van der Waals surface area contributed by atoms with Crippen LogP contribution in [-0.2, 0) is 4.79 Å². The van der Waals surface area contributed by atoms with E-state index in [1.807, 2.05) is 37.3 Å². The lowest BCUT2D eigenvalue weighted by molar-refractivity contribution is -0.136. The lowest BCUT2D eigenvalue weighted by Crippen LogP contribution is -2.22. The van der Waals surface area contributed by atoms with Crippen LogP contribution in [0.4, 0.5) is 0 Å². The lowest BCUT2D eigenvalue weighted by Gasteiger charge is -2.27. The van der Waals surface area contributed by atoms with Gasteiger partial charge in [-0.1, -0.05) is 43.7 Å². The first-order chi connectivity index (χ1) is 18.8. The SMILES string of the molecule is COc1cc(C2C(C#N)=C(N)Oc3cc(OC(=O)COc4ccc(C)cc4)ccc32)ccc1OCCC(C)C. The normalized spacial score (nSPS) is 14.2. The summed E-state index contributed by atoms with van der Waals surface area (Å²) in [6.45, 7) is 6.56. The summed E-state index contributed by atoms with van der Waals surface area (Å²) >= 11 is 0. The number of esters is 1. The molecule has 3 aromatic rings. The minimum Gasteiger partial charge on any atom is -0.493 e. The molecule has 0 saturated carbocycles. The van der Waals surface area contributed by atoms with Crippen LogP contribution >= 0.6 is 0 Å². The molecule has 39 heavy (non-hydrogen) atoms. The average Bonchev–Trinajstić information content (AvgIpc) is 2.92. The predicted octanol–water partition coefficient (Wildman–Crippen LogP) is 5.63. The number of fused-ring (bicyclic) bond motifs is 1. The fourth-order valence-electron chi connectivity index (χ4n) is 4.17. The van der Waals surface area contributed by atoms with E-state index in [4.69, 9.17) is 29.4 Å². The third kappa shape index (κ3) is 6.63. The Labute approximate surface area is 228 Å². The predicted molar refractivity (Wildman–Crippen MR) is 146 cm³/mol. The van der Waals surface area contributed by atoms with E-state index in [0.29, 0.717) is 41.1 Å². The second kappa shape index (κ2) is 12.3. The zero-order valence-corrected chi connectivity index (χ0v) is 22.5. The first-order valence-electron chi connectivity index (χ1n) is 12.7. The molecule has 202 valence electrons. The van der Waals surface area contributed by atoms with Crippen molar-refractivity contribution in [2.75, 3.05) is 20.3 Å². The summed E-state index contributed by atoms with van der Waals surface area (Å²) in [5.74, 6) is 1.83. The zero-order valence-electron chi connectivity index (χ0n) is 22.5. The van der Waals surface area contributed by atoms with Crippen molar-refractivity contribution in [1.82, 2.24) is 0 Å². The van der Waals surface area contributed by atoms with E-state index in [-0.39, 0.29) is 23.8 Å². The average molecular weight is 529 g/mol. The number of aryl methyl sites for hydroxylation is 1. The Hall–Kier alpha value is -4.64. The lowest BCUT2D eigenvalue weighted by atomic mass is 9.83. The van der Waals surface area contributed by atoms with Crippen LogP contribution in [0.15, 0.2) is 72.1 Å². The Morgan fingerprint density at radius 2 is 1.77 bits per heavy atom. The summed E-state index contributed by atoms with van der Waals surface area (Å²) in [5, 5.41) is 9.90. The van der Waals surface area contributed by atoms with Crippen LogP contribution in [0.2, 0.25) is 0 Å². The third-order valence-electron chi connectivity index (χ3n) is 6.27. The molecule has 1 atom stereocenters. The van der Waals surface area contributed by atoms with Gasteiger partial charge in [-0.2, -0.15) is 5.26 Å². The fourth-order valence-corrected chi connectivity index (χ4v) is 4.17. The van der Waals surface area contributed by atoms with E-state index in [1.54, 1.807) is 37.4 Å². The van der Waals surface area contributed by atoms with Gasteiger partial charge in [-0.15, -0.1) is 0 Å². The van der Waals surface area contributed by atoms with Crippen LogP contribution in [0.25, 0.3) is 0 Å². The van der Waals surface area contributed by atoms with Crippen molar-refractivity contribution in [1.29, 1.82) is 5.26 Å². The summed E-state index contributed by atoms with van der Waals surface area (Å²) < 4.78 is 28.2. The molecule has 1 unspecified atom stereocenters. The monoisotopic (exact) mass is 528 g/mol. The van der Waals surface area contributed by atoms with Gasteiger partial charge in [0.1, 0.15) is 28.9 Å². The van der Waals surface area contributed by atoms with Crippen LogP contribution in [0.3, 0.4) is 0 Å². The van der Waals surface area contributed by atoms with Gasteiger partial charge in [0.05, 0.1) is 19.6 Å². The van der Waals surface area contributed by atoms with E-state index >= 15 is 0 Å². The molecule has 8 heteroatoms. The van der Waals surface area contributed by atoms with Gasteiger partial charge in [0.25, 0.3) is 0 Å². The minimum atomic E-state index is -0.568. The van der Waals surface area contributed by atoms with E-state index in [0.717, 1.165) is 17.5 Å². The third-order valence-corrected chi connectivity index (χ3v) is 6.27. The molecule has 0 spiro atoms. The highest BCUT2D eigenvalue weighted by Gasteiger charge is 2.31. The number of hydrogen-bond donors (Lipinski definition) is 1. The van der Waals surface area contributed by atoms with Crippen LogP contribution in [0.1, 0.15) is 42.9 Å². The van der Waals surface area contributed by atoms with Crippen molar-refractivity contribution in [3.8, 4) is 34.8 Å². The molecule has 0 aliphatic carbocycles. The van der Waals surface area contributed by atoms with Crippen molar-refractivity contribution in [3.63, 3.8) is 0 Å². The summed E-state index contributed by atoms with van der Waals surface area (Å²) in [7, 11) is 1.57. The Bertz CT molecular complexity index is 1410. The molecule has 0 saturated heterocycles. The number of methoxy groups -OCH3 is 1. The Morgan fingerprint density at radius 1 is 1.03 bits per heavy atom. The number of hydrogen-bond acceptors (Lipinski definition) is 8. The van der Waals surface area contributed by atoms with Crippen LogP contribution in [0, 0.1) is 24.2 Å². The number of rotatable bonds is 10. The highest BCUT2D eigenvalue weighted by atomic mass is 16.6. The Balaban J connectivity index is 1.54. The van der Waals surface area contributed by atoms with Gasteiger partial charge in [0, 0.05) is 11.6 Å². The van der Waals surface area contributed by atoms with Crippen molar-refractivity contribution in [2.24, 2.45) is 11.7 Å². The largest absolute Gasteiger partial charge is 0.493 e. The molecule has 0 amide bonds. The fraction of sp³-hybridized carbons (Fsp3) is 0.290. The van der Waals surface area contributed by atoms with Gasteiger partial charge in [-0.25, -0.2) is 4.79 Å². The number of ether oxygens (including phenoxy) is 5. The van der Waals surface area contributed by atoms with E-state index < -0.39 is 11.9 Å². The van der Waals surface area contributed by atoms with Crippen molar-refractivity contribution >= 4 is 5.97 Å². The van der Waals surface area contributed by atoms with Gasteiger partial charge in [0.15, 0.2) is 18.1 Å². The van der Waals surface area contributed by atoms with Gasteiger partial charge in [-0.05, 0) is 55.2 Å². The molecule has 0 bridgehead atoms. The molecular weight excluding hydrogens is 496 g/mol. The van der Waals surface area contributed by atoms with Crippen LogP contribution < -0.4 is 29.4 Å². The maximum absolute atomic E-state index is 12.4. The van der Waals surface area contributed by atoms with Gasteiger partial charge >= 0.3 is 5.97 Å².